The number of hydrogen-bond acceptors (Lipinski definition) is 4. The molecule has 9 heteroatoms. The predicted molar refractivity (Wildman–Crippen MR) is 64.7 cm³/mol. The molecule has 0 unspecified atom stereocenters. The molecule has 0 saturated heterocycles. The van der Waals surface area contributed by atoms with Gasteiger partial charge in [0.05, 0.1) is 28.3 Å². The first-order valence-corrected chi connectivity index (χ1v) is 5.60. The zero-order valence-corrected chi connectivity index (χ0v) is 10.3. The highest BCUT2D eigenvalue weighted by Gasteiger charge is 2.29. The monoisotopic (exact) mass is 296 g/mol. The van der Waals surface area contributed by atoms with E-state index in [1.807, 2.05) is 0 Å². The van der Waals surface area contributed by atoms with Gasteiger partial charge in [-0.25, -0.2) is 4.68 Å². The number of halogens is 3. The van der Waals surface area contributed by atoms with Gasteiger partial charge in [-0.05, 0) is 12.1 Å². The molecule has 0 N–H and O–H groups in total. The highest BCUT2D eigenvalue weighted by Crippen LogP contribution is 2.23. The van der Waals surface area contributed by atoms with Gasteiger partial charge in [0.25, 0.3) is 5.69 Å². The molecule has 0 aliphatic carbocycles. The summed E-state index contributed by atoms with van der Waals surface area (Å²) >= 11 is 0. The fourth-order valence-corrected chi connectivity index (χ4v) is 1.72. The van der Waals surface area contributed by atoms with E-state index in [0.29, 0.717) is 0 Å². The van der Waals surface area contributed by atoms with Gasteiger partial charge in [0, 0.05) is 18.3 Å². The molecule has 0 bridgehead atoms. The van der Waals surface area contributed by atoms with Gasteiger partial charge >= 0.3 is 6.18 Å². The van der Waals surface area contributed by atoms with Crippen molar-refractivity contribution < 1.29 is 18.1 Å². The Hall–Kier alpha value is -2.89. The van der Waals surface area contributed by atoms with E-state index in [4.69, 9.17) is 5.26 Å². The van der Waals surface area contributed by atoms with Crippen LogP contribution in [0.15, 0.2) is 30.5 Å². The normalized spacial score (nSPS) is 11.1. The molecular weight excluding hydrogens is 289 g/mol. The van der Waals surface area contributed by atoms with Crippen LogP contribution in [0.1, 0.15) is 11.3 Å². The fraction of sp³-hybridized carbons (Fsp3) is 0.167. The molecule has 6 nitrogen and oxygen atoms in total. The number of hydrogen-bond donors (Lipinski definition) is 0. The first-order chi connectivity index (χ1) is 9.80. The van der Waals surface area contributed by atoms with Crippen molar-refractivity contribution in [3.8, 4) is 11.8 Å². The Bertz CT molecular complexity index is 731. The fourth-order valence-electron chi connectivity index (χ4n) is 1.72. The number of alkyl halides is 3. The second-order valence-electron chi connectivity index (χ2n) is 4.11. The average Bonchev–Trinajstić information content (AvgIpc) is 2.83. The summed E-state index contributed by atoms with van der Waals surface area (Å²) in [6.07, 6.45) is -4.30. The van der Waals surface area contributed by atoms with E-state index in [1.54, 1.807) is 6.07 Å². The molecule has 1 heterocycles. The van der Waals surface area contributed by atoms with Gasteiger partial charge in [0.15, 0.2) is 0 Å². The van der Waals surface area contributed by atoms with Crippen LogP contribution in [-0.2, 0) is 6.42 Å². The highest BCUT2D eigenvalue weighted by atomic mass is 19.4. The Balaban J connectivity index is 2.39. The number of non-ortho nitro benzene ring substituents is 1. The van der Waals surface area contributed by atoms with Gasteiger partial charge in [-0.1, -0.05) is 0 Å². The van der Waals surface area contributed by atoms with E-state index < -0.39 is 17.5 Å². The van der Waals surface area contributed by atoms with Gasteiger partial charge in [-0.3, -0.25) is 10.1 Å². The zero-order chi connectivity index (χ0) is 15.6. The zero-order valence-electron chi connectivity index (χ0n) is 10.3. The summed E-state index contributed by atoms with van der Waals surface area (Å²) in [5.74, 6) is 0. The predicted octanol–water partition coefficient (Wildman–Crippen LogP) is 2.76. The molecule has 0 saturated carbocycles. The Morgan fingerprint density at radius 2 is 2.10 bits per heavy atom. The molecule has 0 aliphatic heterocycles. The summed E-state index contributed by atoms with van der Waals surface area (Å²) in [6.45, 7) is 0. The molecule has 0 fully saturated rings. The first-order valence-electron chi connectivity index (χ1n) is 5.60. The Labute approximate surface area is 116 Å². The van der Waals surface area contributed by atoms with Crippen molar-refractivity contribution in [2.75, 3.05) is 0 Å². The number of rotatable bonds is 3. The number of aromatic nitrogens is 2. The molecular formula is C12H7F3N4O2. The molecule has 0 radical (unpaired) electrons. The van der Waals surface area contributed by atoms with Crippen LogP contribution in [0.3, 0.4) is 0 Å². The van der Waals surface area contributed by atoms with E-state index in [1.165, 1.54) is 18.3 Å². The van der Waals surface area contributed by atoms with Gasteiger partial charge in [-0.15, -0.1) is 0 Å². The third kappa shape index (κ3) is 3.36. The third-order valence-corrected chi connectivity index (χ3v) is 2.58. The number of nitro benzene ring substituents is 1. The summed E-state index contributed by atoms with van der Waals surface area (Å²) < 4.78 is 37.9. The van der Waals surface area contributed by atoms with Crippen molar-refractivity contribution in [3.63, 3.8) is 0 Å². The van der Waals surface area contributed by atoms with Crippen LogP contribution in [0.4, 0.5) is 18.9 Å². The third-order valence-electron chi connectivity index (χ3n) is 2.58. The maximum absolute atomic E-state index is 12.3. The Kier molecular flexibility index (Phi) is 3.62. The minimum atomic E-state index is -4.38. The van der Waals surface area contributed by atoms with Crippen molar-refractivity contribution in [3.05, 3.63) is 51.8 Å². The van der Waals surface area contributed by atoms with Crippen LogP contribution in [0.2, 0.25) is 0 Å². The minimum Gasteiger partial charge on any atom is -0.258 e. The topological polar surface area (TPSA) is 84.7 Å². The van der Waals surface area contributed by atoms with E-state index >= 15 is 0 Å². The number of nitrogens with zero attached hydrogens (tertiary/aromatic N) is 4. The van der Waals surface area contributed by atoms with E-state index in [0.717, 1.165) is 16.8 Å². The molecule has 0 spiro atoms. The molecule has 1 aromatic carbocycles. The lowest BCUT2D eigenvalue weighted by Crippen LogP contribution is -2.12. The smallest absolute Gasteiger partial charge is 0.258 e. The molecule has 0 atom stereocenters. The number of benzene rings is 1. The number of nitro groups is 1. The van der Waals surface area contributed by atoms with Crippen molar-refractivity contribution in [1.29, 1.82) is 5.26 Å². The lowest BCUT2D eigenvalue weighted by atomic mass is 10.2. The van der Waals surface area contributed by atoms with Crippen molar-refractivity contribution in [2.45, 2.75) is 12.6 Å². The lowest BCUT2D eigenvalue weighted by Gasteiger charge is -2.05. The highest BCUT2D eigenvalue weighted by molar-refractivity contribution is 5.54. The van der Waals surface area contributed by atoms with Crippen LogP contribution in [-0.4, -0.2) is 20.9 Å². The quantitative estimate of drug-likeness (QED) is 0.644. The summed E-state index contributed by atoms with van der Waals surface area (Å²) in [4.78, 5) is 9.96. The van der Waals surface area contributed by atoms with Crippen LogP contribution < -0.4 is 0 Å². The van der Waals surface area contributed by atoms with Gasteiger partial charge in [-0.2, -0.15) is 23.5 Å². The standard InChI is InChI=1S/C12H7F3N4O2/c13-12(14,15)6-9-3-4-18(17-9)11-2-1-10(19(20)21)5-8(11)7-16/h1-5H,6H2. The summed E-state index contributed by atoms with van der Waals surface area (Å²) in [7, 11) is 0. The van der Waals surface area contributed by atoms with Crippen LogP contribution >= 0.6 is 0 Å². The summed E-state index contributed by atoms with van der Waals surface area (Å²) in [5, 5.41) is 23.3. The minimum absolute atomic E-state index is 0.0501. The molecule has 2 aromatic rings. The average molecular weight is 296 g/mol. The van der Waals surface area contributed by atoms with Crippen molar-refractivity contribution in [1.82, 2.24) is 9.78 Å². The molecule has 108 valence electrons. The summed E-state index contributed by atoms with van der Waals surface area (Å²) in [6, 6.07) is 6.40. The van der Waals surface area contributed by atoms with Crippen LogP contribution in [0.25, 0.3) is 5.69 Å². The van der Waals surface area contributed by atoms with Crippen LogP contribution in [0, 0.1) is 21.4 Å². The largest absolute Gasteiger partial charge is 0.394 e. The summed E-state index contributed by atoms with van der Waals surface area (Å²) in [5.41, 5.74) is -0.356. The second kappa shape index (κ2) is 5.24. The van der Waals surface area contributed by atoms with Gasteiger partial charge in [0.2, 0.25) is 0 Å². The van der Waals surface area contributed by atoms with Crippen LogP contribution in [0.5, 0.6) is 0 Å². The Morgan fingerprint density at radius 1 is 1.38 bits per heavy atom. The molecule has 0 aliphatic rings. The molecule has 0 amide bonds. The van der Waals surface area contributed by atoms with Crippen molar-refractivity contribution in [2.24, 2.45) is 0 Å². The molecule has 1 aromatic heterocycles. The van der Waals surface area contributed by atoms with E-state index in [-0.39, 0.29) is 22.6 Å². The molecule has 2 rings (SSSR count). The lowest BCUT2D eigenvalue weighted by molar-refractivity contribution is -0.384. The maximum atomic E-state index is 12.3. The maximum Gasteiger partial charge on any atom is 0.394 e. The van der Waals surface area contributed by atoms with Gasteiger partial charge < -0.3 is 0 Å². The first kappa shape index (κ1) is 14.5. The molecule has 21 heavy (non-hydrogen) atoms. The van der Waals surface area contributed by atoms with Gasteiger partial charge in [0.1, 0.15) is 6.07 Å². The second-order valence-corrected chi connectivity index (χ2v) is 4.11. The SMILES string of the molecule is N#Cc1cc([N+](=O)[O-])ccc1-n1ccc(CC(F)(F)F)n1. The Morgan fingerprint density at radius 3 is 2.67 bits per heavy atom. The van der Waals surface area contributed by atoms with E-state index in [9.17, 15) is 23.3 Å². The number of nitriles is 1. The van der Waals surface area contributed by atoms with E-state index in [2.05, 4.69) is 5.10 Å². The van der Waals surface area contributed by atoms with Crippen molar-refractivity contribution >= 4 is 5.69 Å².